The molecule has 0 saturated heterocycles. The molecule has 0 aliphatic heterocycles. The Kier molecular flexibility index (Phi) is 2.62. The lowest BCUT2D eigenvalue weighted by molar-refractivity contribution is -0.174. The lowest BCUT2D eigenvalue weighted by atomic mass is 9.78. The van der Waals surface area contributed by atoms with Gasteiger partial charge in [0, 0.05) is 19.6 Å². The van der Waals surface area contributed by atoms with E-state index in [1.54, 1.807) is 7.11 Å². The number of carbonyl (C=O) groups excluding carboxylic acids is 1. The first-order valence-corrected chi connectivity index (χ1v) is 3.90. The van der Waals surface area contributed by atoms with Gasteiger partial charge in [0.2, 0.25) is 0 Å². The van der Waals surface area contributed by atoms with Gasteiger partial charge in [0.15, 0.2) is 5.78 Å². The predicted molar refractivity (Wildman–Crippen MR) is 40.4 cm³/mol. The summed E-state index contributed by atoms with van der Waals surface area (Å²) in [7, 11) is 1.54. The highest BCUT2D eigenvalue weighted by molar-refractivity contribution is 5.92. The molecule has 11 heavy (non-hydrogen) atoms. The molecule has 0 bridgehead atoms. The molecule has 0 radical (unpaired) electrons. The van der Waals surface area contributed by atoms with Crippen LogP contribution in [0.25, 0.3) is 0 Å². The standard InChI is InChI=1S/C8H14O3/c1-4-11-7-5(2)6(9)8(7)10-3/h5,7-8H,4H2,1-3H3/t5?,7-,8-/m0/s1. The Labute approximate surface area is 66.7 Å². The van der Waals surface area contributed by atoms with E-state index >= 15 is 0 Å². The van der Waals surface area contributed by atoms with Crippen LogP contribution in [-0.2, 0) is 14.3 Å². The number of hydrogen-bond donors (Lipinski definition) is 0. The maximum Gasteiger partial charge on any atom is 0.169 e. The van der Waals surface area contributed by atoms with E-state index in [2.05, 4.69) is 0 Å². The number of Topliss-reactive ketones (excluding diaryl/α,β-unsaturated/α-hetero) is 1. The van der Waals surface area contributed by atoms with Crippen LogP contribution in [0.2, 0.25) is 0 Å². The maximum absolute atomic E-state index is 11.1. The quantitative estimate of drug-likeness (QED) is 0.604. The summed E-state index contributed by atoms with van der Waals surface area (Å²) in [5.41, 5.74) is 0. The van der Waals surface area contributed by atoms with Crippen molar-refractivity contribution >= 4 is 5.78 Å². The van der Waals surface area contributed by atoms with E-state index in [1.807, 2.05) is 13.8 Å². The van der Waals surface area contributed by atoms with Crippen molar-refractivity contribution in [1.82, 2.24) is 0 Å². The normalized spacial score (nSPS) is 37.0. The molecular formula is C8H14O3. The van der Waals surface area contributed by atoms with Gasteiger partial charge in [0.25, 0.3) is 0 Å². The van der Waals surface area contributed by atoms with Gasteiger partial charge < -0.3 is 9.47 Å². The lowest BCUT2D eigenvalue weighted by Crippen LogP contribution is -2.57. The first-order chi connectivity index (χ1) is 5.22. The zero-order chi connectivity index (χ0) is 8.43. The van der Waals surface area contributed by atoms with Crippen LogP contribution < -0.4 is 0 Å². The average Bonchev–Trinajstić information content (AvgIpc) is 2.04. The predicted octanol–water partition coefficient (Wildman–Crippen LogP) is 0.625. The van der Waals surface area contributed by atoms with E-state index in [0.717, 1.165) is 0 Å². The van der Waals surface area contributed by atoms with Gasteiger partial charge in [-0.1, -0.05) is 6.92 Å². The Bertz CT molecular complexity index is 155. The Morgan fingerprint density at radius 1 is 1.55 bits per heavy atom. The molecule has 1 saturated carbocycles. The topological polar surface area (TPSA) is 35.5 Å². The van der Waals surface area contributed by atoms with Crippen LogP contribution in [0.1, 0.15) is 13.8 Å². The molecule has 0 aromatic rings. The number of rotatable bonds is 3. The smallest absolute Gasteiger partial charge is 0.169 e. The molecule has 64 valence electrons. The van der Waals surface area contributed by atoms with E-state index in [9.17, 15) is 4.79 Å². The number of ether oxygens (including phenoxy) is 2. The molecule has 3 atom stereocenters. The van der Waals surface area contributed by atoms with E-state index in [1.165, 1.54) is 0 Å². The number of methoxy groups -OCH3 is 1. The van der Waals surface area contributed by atoms with Crippen molar-refractivity contribution in [2.75, 3.05) is 13.7 Å². The molecule has 1 fully saturated rings. The summed E-state index contributed by atoms with van der Waals surface area (Å²) < 4.78 is 10.3. The van der Waals surface area contributed by atoms with Gasteiger partial charge in [0.05, 0.1) is 0 Å². The molecule has 1 unspecified atom stereocenters. The fraction of sp³-hybridized carbons (Fsp3) is 0.875. The summed E-state index contributed by atoms with van der Waals surface area (Å²) in [6.07, 6.45) is -0.331. The average molecular weight is 158 g/mol. The molecule has 0 aromatic heterocycles. The van der Waals surface area contributed by atoms with Crippen LogP contribution in [0.4, 0.5) is 0 Å². The molecule has 0 N–H and O–H groups in total. The third kappa shape index (κ3) is 1.30. The first kappa shape index (κ1) is 8.68. The van der Waals surface area contributed by atoms with E-state index < -0.39 is 0 Å². The van der Waals surface area contributed by atoms with Crippen LogP contribution >= 0.6 is 0 Å². The van der Waals surface area contributed by atoms with Gasteiger partial charge in [-0.25, -0.2) is 0 Å². The molecule has 0 amide bonds. The number of ketones is 1. The number of carbonyl (C=O) groups is 1. The van der Waals surface area contributed by atoms with Crippen molar-refractivity contribution in [3.63, 3.8) is 0 Å². The third-order valence-corrected chi connectivity index (χ3v) is 2.13. The van der Waals surface area contributed by atoms with E-state index in [4.69, 9.17) is 9.47 Å². The monoisotopic (exact) mass is 158 g/mol. The molecular weight excluding hydrogens is 144 g/mol. The van der Waals surface area contributed by atoms with Gasteiger partial charge in [0.1, 0.15) is 12.2 Å². The second kappa shape index (κ2) is 3.32. The molecule has 0 aromatic carbocycles. The summed E-state index contributed by atoms with van der Waals surface area (Å²) in [5.74, 6) is 0.172. The minimum absolute atomic E-state index is 0.0138. The minimum Gasteiger partial charge on any atom is -0.375 e. The van der Waals surface area contributed by atoms with Crippen LogP contribution in [0.5, 0.6) is 0 Å². The van der Waals surface area contributed by atoms with E-state index in [-0.39, 0.29) is 23.9 Å². The maximum atomic E-state index is 11.1. The number of hydrogen-bond acceptors (Lipinski definition) is 3. The Morgan fingerprint density at radius 3 is 2.64 bits per heavy atom. The summed E-state index contributed by atoms with van der Waals surface area (Å²) in [6, 6.07) is 0. The largest absolute Gasteiger partial charge is 0.375 e. The van der Waals surface area contributed by atoms with Gasteiger partial charge >= 0.3 is 0 Å². The molecule has 1 rings (SSSR count). The summed E-state index contributed by atoms with van der Waals surface area (Å²) >= 11 is 0. The Hall–Kier alpha value is -0.410. The van der Waals surface area contributed by atoms with Gasteiger partial charge in [-0.05, 0) is 6.92 Å². The second-order valence-electron chi connectivity index (χ2n) is 2.77. The Balaban J connectivity index is 2.46. The van der Waals surface area contributed by atoms with Crippen LogP contribution in [0.15, 0.2) is 0 Å². The zero-order valence-electron chi connectivity index (χ0n) is 7.16. The Morgan fingerprint density at radius 2 is 2.18 bits per heavy atom. The summed E-state index contributed by atoms with van der Waals surface area (Å²) in [6.45, 7) is 4.43. The summed E-state index contributed by atoms with van der Waals surface area (Å²) in [5, 5.41) is 0. The van der Waals surface area contributed by atoms with Crippen molar-refractivity contribution in [1.29, 1.82) is 0 Å². The second-order valence-corrected chi connectivity index (χ2v) is 2.77. The third-order valence-electron chi connectivity index (χ3n) is 2.13. The highest BCUT2D eigenvalue weighted by Crippen LogP contribution is 2.28. The molecule has 1 aliphatic carbocycles. The fourth-order valence-electron chi connectivity index (χ4n) is 1.40. The molecule has 0 spiro atoms. The van der Waals surface area contributed by atoms with Gasteiger partial charge in [-0.15, -0.1) is 0 Å². The minimum atomic E-state index is -0.315. The van der Waals surface area contributed by atoms with E-state index in [0.29, 0.717) is 6.61 Å². The van der Waals surface area contributed by atoms with Gasteiger partial charge in [-0.3, -0.25) is 4.79 Å². The van der Waals surface area contributed by atoms with Crippen molar-refractivity contribution in [3.8, 4) is 0 Å². The van der Waals surface area contributed by atoms with Crippen LogP contribution in [-0.4, -0.2) is 31.7 Å². The zero-order valence-corrected chi connectivity index (χ0v) is 7.16. The lowest BCUT2D eigenvalue weighted by Gasteiger charge is -2.39. The highest BCUT2D eigenvalue weighted by Gasteiger charge is 2.48. The highest BCUT2D eigenvalue weighted by atomic mass is 16.5. The van der Waals surface area contributed by atoms with Gasteiger partial charge in [-0.2, -0.15) is 0 Å². The molecule has 0 heterocycles. The van der Waals surface area contributed by atoms with Crippen molar-refractivity contribution in [2.45, 2.75) is 26.1 Å². The summed E-state index contributed by atoms with van der Waals surface area (Å²) in [4.78, 5) is 11.1. The van der Waals surface area contributed by atoms with Crippen LogP contribution in [0, 0.1) is 5.92 Å². The van der Waals surface area contributed by atoms with Crippen molar-refractivity contribution in [3.05, 3.63) is 0 Å². The SMILES string of the molecule is CCO[C@H]1C(C)C(=O)[C@@H]1OC. The fourth-order valence-corrected chi connectivity index (χ4v) is 1.40. The van der Waals surface area contributed by atoms with Crippen LogP contribution in [0.3, 0.4) is 0 Å². The molecule has 1 aliphatic rings. The molecule has 3 nitrogen and oxygen atoms in total. The van der Waals surface area contributed by atoms with Crippen molar-refractivity contribution < 1.29 is 14.3 Å². The van der Waals surface area contributed by atoms with Crippen molar-refractivity contribution in [2.24, 2.45) is 5.92 Å². The molecule has 3 heteroatoms. The first-order valence-electron chi connectivity index (χ1n) is 3.90.